The Balaban J connectivity index is 1.69. The lowest BCUT2D eigenvalue weighted by molar-refractivity contribution is 0.0899. The smallest absolute Gasteiger partial charge is 0.0804 e. The van der Waals surface area contributed by atoms with E-state index in [1.54, 1.807) is 0 Å². The van der Waals surface area contributed by atoms with E-state index in [1.807, 2.05) is 19.2 Å². The van der Waals surface area contributed by atoms with Gasteiger partial charge < -0.3 is 15.8 Å². The van der Waals surface area contributed by atoms with Crippen molar-refractivity contribution in [1.29, 1.82) is 0 Å². The van der Waals surface area contributed by atoms with Crippen LogP contribution in [0.15, 0.2) is 24.4 Å². The van der Waals surface area contributed by atoms with Crippen LogP contribution in [-0.4, -0.2) is 23.7 Å². The predicted molar refractivity (Wildman–Crippen MR) is 85.4 cm³/mol. The highest BCUT2D eigenvalue weighted by Crippen LogP contribution is 2.40. The molecular weight excluding hydrogens is 262 g/mol. The number of rotatable bonds is 3. The molecule has 1 aliphatic carbocycles. The average molecular weight is 283 g/mol. The number of hydrogen-bond acceptors (Lipinski definition) is 4. The van der Waals surface area contributed by atoms with E-state index in [4.69, 9.17) is 10.5 Å². The molecule has 4 heteroatoms. The molecule has 1 aromatic carbocycles. The van der Waals surface area contributed by atoms with Crippen molar-refractivity contribution >= 4 is 22.1 Å². The van der Waals surface area contributed by atoms with Crippen LogP contribution in [0.5, 0.6) is 0 Å². The third-order valence-corrected chi connectivity index (χ3v) is 4.63. The van der Waals surface area contributed by atoms with Gasteiger partial charge in [0.1, 0.15) is 0 Å². The summed E-state index contributed by atoms with van der Waals surface area (Å²) in [6.45, 7) is 2.88. The van der Waals surface area contributed by atoms with Crippen LogP contribution >= 0.6 is 0 Å². The molecule has 0 amide bonds. The van der Waals surface area contributed by atoms with E-state index in [0.29, 0.717) is 12.1 Å². The third-order valence-electron chi connectivity index (χ3n) is 4.63. The van der Waals surface area contributed by atoms with E-state index < -0.39 is 0 Å². The molecule has 3 N–H and O–H groups in total. The minimum Gasteiger partial charge on any atom is -0.398 e. The van der Waals surface area contributed by atoms with Crippen molar-refractivity contribution in [2.45, 2.75) is 38.3 Å². The van der Waals surface area contributed by atoms with Crippen molar-refractivity contribution in [1.82, 2.24) is 4.98 Å². The van der Waals surface area contributed by atoms with Gasteiger partial charge in [-0.1, -0.05) is 0 Å². The first kappa shape index (κ1) is 12.9. The summed E-state index contributed by atoms with van der Waals surface area (Å²) in [5, 5.41) is 5.88. The Hall–Kier alpha value is -1.81. The number of ether oxygens (including phenoxy) is 1. The SMILES string of the molecule is Cc1cc2c(NC3CCOC3C3CC3)ccc(N)c2cn1. The normalized spacial score (nSPS) is 25.4. The van der Waals surface area contributed by atoms with Gasteiger partial charge in [-0.3, -0.25) is 4.98 Å². The highest BCUT2D eigenvalue weighted by Gasteiger charge is 2.40. The molecule has 21 heavy (non-hydrogen) atoms. The van der Waals surface area contributed by atoms with Crippen LogP contribution in [0.1, 0.15) is 25.0 Å². The van der Waals surface area contributed by atoms with Crippen LogP contribution in [0.2, 0.25) is 0 Å². The number of nitrogen functional groups attached to an aromatic ring is 1. The zero-order valence-corrected chi connectivity index (χ0v) is 12.3. The summed E-state index contributed by atoms with van der Waals surface area (Å²) in [4.78, 5) is 4.36. The van der Waals surface area contributed by atoms with Gasteiger partial charge >= 0.3 is 0 Å². The average Bonchev–Trinajstić information content (AvgIpc) is 3.22. The first-order valence-corrected chi connectivity index (χ1v) is 7.75. The van der Waals surface area contributed by atoms with Gasteiger partial charge in [-0.05, 0) is 50.3 Å². The molecule has 1 saturated heterocycles. The lowest BCUT2D eigenvalue weighted by Crippen LogP contribution is -2.31. The Kier molecular flexibility index (Phi) is 3.00. The van der Waals surface area contributed by atoms with Crippen molar-refractivity contribution in [2.24, 2.45) is 5.92 Å². The highest BCUT2D eigenvalue weighted by molar-refractivity contribution is 6.00. The zero-order valence-electron chi connectivity index (χ0n) is 12.3. The van der Waals surface area contributed by atoms with E-state index in [2.05, 4.69) is 22.4 Å². The van der Waals surface area contributed by atoms with Gasteiger partial charge in [0.05, 0.1) is 12.1 Å². The summed E-state index contributed by atoms with van der Waals surface area (Å²) >= 11 is 0. The molecule has 2 aliphatic rings. The van der Waals surface area contributed by atoms with Crippen LogP contribution in [0, 0.1) is 12.8 Å². The van der Waals surface area contributed by atoms with Gasteiger partial charge in [0, 0.05) is 40.6 Å². The summed E-state index contributed by atoms with van der Waals surface area (Å²) in [6.07, 6.45) is 5.95. The summed E-state index contributed by atoms with van der Waals surface area (Å²) in [5.41, 5.74) is 9.01. The number of nitrogens with zero attached hydrogens (tertiary/aromatic N) is 1. The minimum atomic E-state index is 0.375. The van der Waals surface area contributed by atoms with Crippen LogP contribution in [0.4, 0.5) is 11.4 Å². The Morgan fingerprint density at radius 1 is 1.24 bits per heavy atom. The van der Waals surface area contributed by atoms with Crippen LogP contribution in [0.3, 0.4) is 0 Å². The molecular formula is C17H21N3O. The summed E-state index contributed by atoms with van der Waals surface area (Å²) in [6, 6.07) is 6.57. The summed E-state index contributed by atoms with van der Waals surface area (Å²) in [7, 11) is 0. The van der Waals surface area contributed by atoms with Crippen molar-refractivity contribution in [3.8, 4) is 0 Å². The van der Waals surface area contributed by atoms with E-state index in [-0.39, 0.29) is 0 Å². The van der Waals surface area contributed by atoms with E-state index >= 15 is 0 Å². The molecule has 0 spiro atoms. The van der Waals surface area contributed by atoms with Gasteiger partial charge in [0.15, 0.2) is 0 Å². The molecule has 2 heterocycles. The van der Waals surface area contributed by atoms with Crippen molar-refractivity contribution in [3.63, 3.8) is 0 Å². The Labute approximate surface area is 124 Å². The van der Waals surface area contributed by atoms with E-state index in [1.165, 1.54) is 12.8 Å². The molecule has 1 saturated carbocycles. The summed E-state index contributed by atoms with van der Waals surface area (Å²) in [5.74, 6) is 0.758. The standard InChI is InChI=1S/C17H21N3O/c1-10-8-12-13(9-19-10)14(18)4-5-15(12)20-16-6-7-21-17(16)11-2-3-11/h4-5,8-9,11,16-17,20H,2-3,6-7,18H2,1H3. The second-order valence-corrected chi connectivity index (χ2v) is 6.29. The molecule has 2 aromatic rings. The Morgan fingerprint density at radius 3 is 2.90 bits per heavy atom. The van der Waals surface area contributed by atoms with Crippen LogP contribution < -0.4 is 11.1 Å². The number of fused-ring (bicyclic) bond motifs is 1. The molecule has 2 unspecified atom stereocenters. The fourth-order valence-corrected chi connectivity index (χ4v) is 3.35. The van der Waals surface area contributed by atoms with Crippen molar-refractivity contribution < 1.29 is 4.74 Å². The highest BCUT2D eigenvalue weighted by atomic mass is 16.5. The molecule has 4 nitrogen and oxygen atoms in total. The maximum Gasteiger partial charge on any atom is 0.0804 e. The minimum absolute atomic E-state index is 0.375. The third kappa shape index (κ3) is 2.33. The Morgan fingerprint density at radius 2 is 2.10 bits per heavy atom. The van der Waals surface area contributed by atoms with Crippen LogP contribution in [0.25, 0.3) is 10.8 Å². The first-order valence-electron chi connectivity index (χ1n) is 7.75. The van der Waals surface area contributed by atoms with E-state index in [9.17, 15) is 0 Å². The van der Waals surface area contributed by atoms with Gasteiger partial charge in [-0.15, -0.1) is 0 Å². The number of nitrogens with two attached hydrogens (primary N) is 1. The topological polar surface area (TPSA) is 60.2 Å². The number of anilines is 2. The fourth-order valence-electron chi connectivity index (χ4n) is 3.35. The lowest BCUT2D eigenvalue weighted by atomic mass is 10.0. The predicted octanol–water partition coefficient (Wildman–Crippen LogP) is 3.10. The molecule has 4 rings (SSSR count). The maximum atomic E-state index is 6.08. The number of pyridine rings is 1. The van der Waals surface area contributed by atoms with Gasteiger partial charge in [-0.25, -0.2) is 0 Å². The molecule has 2 fully saturated rings. The number of aryl methyl sites for hydroxylation is 1. The monoisotopic (exact) mass is 283 g/mol. The molecule has 0 bridgehead atoms. The Bertz CT molecular complexity index is 681. The first-order chi connectivity index (χ1) is 10.2. The fraction of sp³-hybridized carbons (Fsp3) is 0.471. The quantitative estimate of drug-likeness (QED) is 0.850. The number of benzene rings is 1. The maximum absolute atomic E-state index is 6.08. The van der Waals surface area contributed by atoms with Crippen molar-refractivity contribution in [3.05, 3.63) is 30.1 Å². The summed E-state index contributed by atoms with van der Waals surface area (Å²) < 4.78 is 5.92. The molecule has 1 aliphatic heterocycles. The second kappa shape index (κ2) is 4.88. The second-order valence-electron chi connectivity index (χ2n) is 6.29. The van der Waals surface area contributed by atoms with E-state index in [0.717, 1.165) is 46.8 Å². The van der Waals surface area contributed by atoms with Gasteiger partial charge in [0.2, 0.25) is 0 Å². The molecule has 0 radical (unpaired) electrons. The largest absolute Gasteiger partial charge is 0.398 e. The lowest BCUT2D eigenvalue weighted by Gasteiger charge is -2.22. The molecule has 110 valence electrons. The van der Waals surface area contributed by atoms with Crippen LogP contribution in [-0.2, 0) is 4.74 Å². The molecule has 2 atom stereocenters. The van der Waals surface area contributed by atoms with Crippen molar-refractivity contribution in [2.75, 3.05) is 17.7 Å². The van der Waals surface area contributed by atoms with Gasteiger partial charge in [-0.2, -0.15) is 0 Å². The molecule has 1 aromatic heterocycles. The van der Waals surface area contributed by atoms with Gasteiger partial charge in [0.25, 0.3) is 0 Å². The number of hydrogen-bond donors (Lipinski definition) is 2. The zero-order chi connectivity index (χ0) is 14.4. The number of aromatic nitrogens is 1. The number of nitrogens with one attached hydrogen (secondary N) is 1.